The van der Waals surface area contributed by atoms with Crippen LogP contribution in [0.5, 0.6) is 0 Å². The number of halogens is 2. The van der Waals surface area contributed by atoms with E-state index in [-0.39, 0.29) is 22.0 Å². The Hall–Kier alpha value is -3.15. The average molecular weight is 526 g/mol. The summed E-state index contributed by atoms with van der Waals surface area (Å²) in [6.07, 6.45) is 0.985. The number of benzene rings is 3. The van der Waals surface area contributed by atoms with Crippen molar-refractivity contribution in [2.24, 2.45) is 0 Å². The van der Waals surface area contributed by atoms with Crippen molar-refractivity contribution in [3.8, 4) is 0 Å². The summed E-state index contributed by atoms with van der Waals surface area (Å²) < 4.78 is 66.1. The zero-order valence-corrected chi connectivity index (χ0v) is 20.5. The van der Waals surface area contributed by atoms with Crippen LogP contribution in [0.2, 0.25) is 5.02 Å². The van der Waals surface area contributed by atoms with Gasteiger partial charge in [-0.05, 0) is 79.7 Å². The number of hydrogen-bond donors (Lipinski definition) is 2. The lowest BCUT2D eigenvalue weighted by Gasteiger charge is -2.28. The second-order valence-corrected chi connectivity index (χ2v) is 11.3. The molecule has 0 radical (unpaired) electrons. The highest BCUT2D eigenvalue weighted by Gasteiger charge is 2.29. The Labute approximate surface area is 202 Å². The van der Waals surface area contributed by atoms with Crippen molar-refractivity contribution in [3.05, 3.63) is 83.6 Å². The molecular formula is C22H21ClFN3O5S2. The van der Waals surface area contributed by atoms with E-state index in [1.165, 1.54) is 67.6 Å². The van der Waals surface area contributed by atoms with Gasteiger partial charge >= 0.3 is 0 Å². The summed E-state index contributed by atoms with van der Waals surface area (Å²) in [6.45, 7) is 1.43. The van der Waals surface area contributed by atoms with E-state index in [4.69, 9.17) is 11.6 Å². The van der Waals surface area contributed by atoms with Crippen LogP contribution >= 0.6 is 11.6 Å². The molecule has 180 valence electrons. The van der Waals surface area contributed by atoms with Crippen LogP contribution < -0.4 is 14.3 Å². The quantitative estimate of drug-likeness (QED) is 0.460. The van der Waals surface area contributed by atoms with Gasteiger partial charge in [0.2, 0.25) is 15.9 Å². The Kier molecular flexibility index (Phi) is 7.49. The molecule has 0 heterocycles. The molecule has 0 saturated carbocycles. The van der Waals surface area contributed by atoms with Crippen molar-refractivity contribution in [1.29, 1.82) is 0 Å². The number of nitrogens with zero attached hydrogens (tertiary/aromatic N) is 1. The molecule has 0 aromatic heterocycles. The lowest BCUT2D eigenvalue weighted by atomic mass is 10.2. The first-order chi connectivity index (χ1) is 15.9. The van der Waals surface area contributed by atoms with Gasteiger partial charge in [-0.15, -0.1) is 0 Å². The molecule has 8 nitrogen and oxygen atoms in total. The van der Waals surface area contributed by atoms with Crippen molar-refractivity contribution < 1.29 is 26.0 Å². The number of nitrogens with one attached hydrogen (secondary N) is 2. The van der Waals surface area contributed by atoms with Gasteiger partial charge in [-0.3, -0.25) is 13.8 Å². The van der Waals surface area contributed by atoms with Crippen LogP contribution in [0, 0.1) is 5.82 Å². The van der Waals surface area contributed by atoms with E-state index >= 15 is 0 Å². The Morgan fingerprint density at radius 1 is 0.882 bits per heavy atom. The van der Waals surface area contributed by atoms with Gasteiger partial charge in [0.05, 0.1) is 16.8 Å². The summed E-state index contributed by atoms with van der Waals surface area (Å²) in [7, 11) is -7.75. The first-order valence-electron chi connectivity index (χ1n) is 9.81. The van der Waals surface area contributed by atoms with E-state index in [0.717, 1.165) is 22.7 Å². The number of sulfonamides is 2. The summed E-state index contributed by atoms with van der Waals surface area (Å²) in [4.78, 5) is 12.7. The maximum atomic E-state index is 13.0. The third-order valence-corrected chi connectivity index (χ3v) is 7.59. The minimum atomic E-state index is -3.94. The van der Waals surface area contributed by atoms with Crippen molar-refractivity contribution in [2.75, 3.05) is 20.6 Å². The molecule has 0 fully saturated rings. The fraction of sp³-hybridized carbons (Fsp3) is 0.136. The molecule has 0 bridgehead atoms. The number of carbonyl (C=O) groups is 1. The first kappa shape index (κ1) is 25.5. The Bertz CT molecular complexity index is 1380. The Morgan fingerprint density at radius 3 is 1.94 bits per heavy atom. The molecule has 3 rings (SSSR count). The molecule has 0 aliphatic carbocycles. The van der Waals surface area contributed by atoms with Gasteiger partial charge in [0.25, 0.3) is 10.0 Å². The van der Waals surface area contributed by atoms with E-state index in [0.29, 0.717) is 5.02 Å². The normalized spacial score (nSPS) is 12.6. The zero-order chi connectivity index (χ0) is 25.1. The summed E-state index contributed by atoms with van der Waals surface area (Å²) in [5, 5.41) is 3.00. The minimum absolute atomic E-state index is 0.0817. The fourth-order valence-electron chi connectivity index (χ4n) is 3.09. The lowest BCUT2D eigenvalue weighted by Crippen LogP contribution is -2.45. The summed E-state index contributed by atoms with van der Waals surface area (Å²) in [5.74, 6) is -1.12. The van der Waals surface area contributed by atoms with Crippen molar-refractivity contribution in [3.63, 3.8) is 0 Å². The van der Waals surface area contributed by atoms with E-state index in [9.17, 15) is 26.0 Å². The van der Waals surface area contributed by atoms with Crippen LogP contribution in [-0.2, 0) is 24.8 Å². The van der Waals surface area contributed by atoms with Crippen molar-refractivity contribution in [2.45, 2.75) is 17.9 Å². The van der Waals surface area contributed by atoms with E-state index in [1.54, 1.807) is 0 Å². The standard InChI is InChI=1S/C22H21ClFN3O5S2/c1-15(27(33(2,29)30)20-11-3-16(23)4-12-20)22(28)25-18-9-13-21(14-10-18)34(31,32)26-19-7-5-17(24)6-8-19/h3-15,26H,1-2H3,(H,25,28)/t15-/m1/s1. The van der Waals surface area contributed by atoms with Crippen LogP contribution in [0.15, 0.2) is 77.7 Å². The van der Waals surface area contributed by atoms with Crippen molar-refractivity contribution >= 4 is 54.6 Å². The summed E-state index contributed by atoms with van der Waals surface area (Å²) in [5.41, 5.74) is 0.723. The molecule has 0 saturated heterocycles. The molecule has 1 atom stereocenters. The predicted octanol–water partition coefficient (Wildman–Crippen LogP) is 4.07. The molecule has 0 aliphatic heterocycles. The smallest absolute Gasteiger partial charge is 0.261 e. The van der Waals surface area contributed by atoms with Gasteiger partial charge < -0.3 is 5.32 Å². The average Bonchev–Trinajstić information content (AvgIpc) is 2.76. The lowest BCUT2D eigenvalue weighted by molar-refractivity contribution is -0.116. The van der Waals surface area contributed by atoms with Crippen LogP contribution in [0.3, 0.4) is 0 Å². The second-order valence-electron chi connectivity index (χ2n) is 7.34. The number of carbonyl (C=O) groups excluding carboxylic acids is 1. The van der Waals surface area contributed by atoms with Crippen molar-refractivity contribution in [1.82, 2.24) is 0 Å². The predicted molar refractivity (Wildman–Crippen MR) is 131 cm³/mol. The monoisotopic (exact) mass is 525 g/mol. The van der Waals surface area contributed by atoms with Crippen LogP contribution in [-0.4, -0.2) is 35.0 Å². The highest BCUT2D eigenvalue weighted by atomic mass is 35.5. The highest BCUT2D eigenvalue weighted by Crippen LogP contribution is 2.24. The molecule has 0 unspecified atom stereocenters. The molecule has 12 heteroatoms. The minimum Gasteiger partial charge on any atom is -0.324 e. The molecule has 0 spiro atoms. The molecule has 2 N–H and O–H groups in total. The summed E-state index contributed by atoms with van der Waals surface area (Å²) >= 11 is 5.87. The van der Waals surface area contributed by atoms with Gasteiger partial charge in [0.1, 0.15) is 11.9 Å². The van der Waals surface area contributed by atoms with Crippen LogP contribution in [0.25, 0.3) is 0 Å². The Morgan fingerprint density at radius 2 is 1.41 bits per heavy atom. The molecule has 34 heavy (non-hydrogen) atoms. The van der Waals surface area contributed by atoms with Gasteiger partial charge in [-0.1, -0.05) is 11.6 Å². The number of rotatable bonds is 8. The SMILES string of the molecule is C[C@H](C(=O)Nc1ccc(S(=O)(=O)Nc2ccc(F)cc2)cc1)N(c1ccc(Cl)cc1)S(C)(=O)=O. The van der Waals surface area contributed by atoms with Gasteiger partial charge in [-0.25, -0.2) is 21.2 Å². The third-order valence-electron chi connectivity index (χ3n) is 4.70. The van der Waals surface area contributed by atoms with E-state index < -0.39 is 37.8 Å². The van der Waals surface area contributed by atoms with Crippen LogP contribution in [0.4, 0.5) is 21.5 Å². The zero-order valence-electron chi connectivity index (χ0n) is 18.1. The number of amides is 1. The van der Waals surface area contributed by atoms with Gasteiger partial charge in [0, 0.05) is 16.4 Å². The maximum Gasteiger partial charge on any atom is 0.261 e. The molecular weight excluding hydrogens is 505 g/mol. The highest BCUT2D eigenvalue weighted by molar-refractivity contribution is 7.92. The molecule has 3 aromatic carbocycles. The topological polar surface area (TPSA) is 113 Å². The summed E-state index contributed by atoms with van der Waals surface area (Å²) in [6, 6.07) is 15.0. The largest absolute Gasteiger partial charge is 0.324 e. The molecule has 3 aromatic rings. The fourth-order valence-corrected chi connectivity index (χ4v) is 5.45. The van der Waals surface area contributed by atoms with Crippen LogP contribution in [0.1, 0.15) is 6.92 Å². The molecule has 0 aliphatic rings. The van der Waals surface area contributed by atoms with Gasteiger partial charge in [-0.2, -0.15) is 0 Å². The third kappa shape index (κ3) is 6.25. The van der Waals surface area contributed by atoms with E-state index in [2.05, 4.69) is 10.0 Å². The maximum absolute atomic E-state index is 13.0. The number of hydrogen-bond acceptors (Lipinski definition) is 5. The number of anilines is 3. The second kappa shape index (κ2) is 10.00. The van der Waals surface area contributed by atoms with E-state index in [1.807, 2.05) is 0 Å². The Balaban J connectivity index is 1.75. The van der Waals surface area contributed by atoms with Gasteiger partial charge in [0.15, 0.2) is 0 Å². The first-order valence-corrected chi connectivity index (χ1v) is 13.5. The molecule has 1 amide bonds.